The van der Waals surface area contributed by atoms with Gasteiger partial charge in [-0.1, -0.05) is 127 Å². The molecule has 0 radical (unpaired) electrons. The highest BCUT2D eigenvalue weighted by Gasteiger charge is 2.20. The van der Waals surface area contributed by atoms with Crippen LogP contribution in [0.15, 0.2) is 211 Å². The summed E-state index contributed by atoms with van der Waals surface area (Å²) in [5, 5.41) is 6.63. The molecule has 3 heterocycles. The third-order valence-electron chi connectivity index (χ3n) is 11.5. The molecule has 0 saturated heterocycles. The molecule has 0 N–H and O–H groups in total. The van der Waals surface area contributed by atoms with Crippen molar-refractivity contribution < 1.29 is 4.42 Å². The maximum Gasteiger partial charge on any atom is 0.164 e. The van der Waals surface area contributed by atoms with Crippen molar-refractivity contribution in [2.75, 3.05) is 4.90 Å². The van der Waals surface area contributed by atoms with E-state index in [9.17, 15) is 0 Å². The highest BCUT2D eigenvalue weighted by atomic mass is 32.1. The summed E-state index contributed by atoms with van der Waals surface area (Å²) in [5.41, 5.74) is 9.84. The number of furan rings is 1. The second-order valence-electron chi connectivity index (χ2n) is 15.2. The van der Waals surface area contributed by atoms with Crippen molar-refractivity contribution in [3.05, 3.63) is 206 Å². The van der Waals surface area contributed by atoms with E-state index >= 15 is 0 Å². The Labute approximate surface area is 355 Å². The van der Waals surface area contributed by atoms with Crippen LogP contribution in [0.4, 0.5) is 17.1 Å². The molecule has 0 atom stereocenters. The van der Waals surface area contributed by atoms with E-state index in [2.05, 4.69) is 187 Å². The Kier molecular flexibility index (Phi) is 8.28. The SMILES string of the molecule is c1ccc(N(c2ccccc2)c2ccc(-c3ccc4c(c3)oc3cccc(-c5nc(-c6ccc7sc8ccccc8c7c6)nc(-c6cccc7ccccc67)n5)c34)cc2)cc1. The summed E-state index contributed by atoms with van der Waals surface area (Å²) in [6.45, 7) is 0. The molecule has 0 aliphatic heterocycles. The molecule has 3 aromatic heterocycles. The molecule has 0 aliphatic rings. The van der Waals surface area contributed by atoms with E-state index in [4.69, 9.17) is 19.4 Å². The van der Waals surface area contributed by atoms with Crippen LogP contribution in [-0.4, -0.2) is 15.0 Å². The van der Waals surface area contributed by atoms with Crippen LogP contribution >= 0.6 is 11.3 Å². The molecular formula is C55H34N4OS. The zero-order chi connectivity index (χ0) is 40.3. The summed E-state index contributed by atoms with van der Waals surface area (Å²) in [6.07, 6.45) is 0. The minimum Gasteiger partial charge on any atom is -0.456 e. The Morgan fingerprint density at radius 3 is 1.75 bits per heavy atom. The lowest BCUT2D eigenvalue weighted by Gasteiger charge is -2.25. The van der Waals surface area contributed by atoms with Crippen molar-refractivity contribution in [2.45, 2.75) is 0 Å². The maximum atomic E-state index is 6.64. The van der Waals surface area contributed by atoms with Crippen LogP contribution in [0, 0.1) is 0 Å². The van der Waals surface area contributed by atoms with Gasteiger partial charge in [-0.2, -0.15) is 0 Å². The van der Waals surface area contributed by atoms with Crippen molar-refractivity contribution in [1.29, 1.82) is 0 Å². The zero-order valence-electron chi connectivity index (χ0n) is 32.7. The van der Waals surface area contributed by atoms with Crippen LogP contribution < -0.4 is 4.90 Å². The first kappa shape index (κ1) is 35.1. The summed E-state index contributed by atoms with van der Waals surface area (Å²) in [6, 6.07) is 72.1. The summed E-state index contributed by atoms with van der Waals surface area (Å²) in [4.78, 5) is 18.0. The van der Waals surface area contributed by atoms with Crippen molar-refractivity contribution in [3.8, 4) is 45.3 Å². The predicted octanol–water partition coefficient (Wildman–Crippen LogP) is 15.4. The maximum absolute atomic E-state index is 6.64. The first-order valence-corrected chi connectivity index (χ1v) is 21.2. The van der Waals surface area contributed by atoms with E-state index in [0.717, 1.165) is 77.6 Å². The van der Waals surface area contributed by atoms with E-state index < -0.39 is 0 Å². The zero-order valence-corrected chi connectivity index (χ0v) is 33.6. The molecule has 61 heavy (non-hydrogen) atoms. The number of hydrogen-bond donors (Lipinski definition) is 0. The fourth-order valence-electron chi connectivity index (χ4n) is 8.63. The lowest BCUT2D eigenvalue weighted by molar-refractivity contribution is 0.669. The van der Waals surface area contributed by atoms with Crippen molar-refractivity contribution >= 4 is 81.3 Å². The number of nitrogens with zero attached hydrogens (tertiary/aromatic N) is 4. The van der Waals surface area contributed by atoms with E-state index in [-0.39, 0.29) is 0 Å². The van der Waals surface area contributed by atoms with Crippen LogP contribution in [0.5, 0.6) is 0 Å². The van der Waals surface area contributed by atoms with Gasteiger partial charge >= 0.3 is 0 Å². The fraction of sp³-hybridized carbons (Fsp3) is 0. The third kappa shape index (κ3) is 6.12. The van der Waals surface area contributed by atoms with Gasteiger partial charge in [-0.3, -0.25) is 0 Å². The minimum absolute atomic E-state index is 0.595. The van der Waals surface area contributed by atoms with Crippen LogP contribution in [0.3, 0.4) is 0 Å². The highest BCUT2D eigenvalue weighted by molar-refractivity contribution is 7.25. The molecule has 0 spiro atoms. The average Bonchev–Trinajstić information content (AvgIpc) is 3.90. The molecule has 0 unspecified atom stereocenters. The molecular weight excluding hydrogens is 765 g/mol. The van der Waals surface area contributed by atoms with Crippen molar-refractivity contribution in [3.63, 3.8) is 0 Å². The van der Waals surface area contributed by atoms with Gasteiger partial charge in [-0.15, -0.1) is 11.3 Å². The first-order valence-electron chi connectivity index (χ1n) is 20.3. The van der Waals surface area contributed by atoms with E-state index in [0.29, 0.717) is 17.5 Å². The molecule has 6 heteroatoms. The molecule has 0 aliphatic carbocycles. The molecule has 12 rings (SSSR count). The van der Waals surface area contributed by atoms with Crippen molar-refractivity contribution in [1.82, 2.24) is 15.0 Å². The topological polar surface area (TPSA) is 55.1 Å². The van der Waals surface area contributed by atoms with Gasteiger partial charge in [-0.05, 0) is 101 Å². The summed E-state index contributed by atoms with van der Waals surface area (Å²) < 4.78 is 9.14. The number of rotatable bonds is 7. The number of benzene rings is 9. The lowest BCUT2D eigenvalue weighted by atomic mass is 10.0. The minimum atomic E-state index is 0.595. The average molecular weight is 799 g/mol. The summed E-state index contributed by atoms with van der Waals surface area (Å²) in [7, 11) is 0. The molecule has 0 saturated carbocycles. The molecule has 0 fully saturated rings. The monoisotopic (exact) mass is 798 g/mol. The smallest absolute Gasteiger partial charge is 0.164 e. The van der Waals surface area contributed by atoms with Gasteiger partial charge in [0.25, 0.3) is 0 Å². The predicted molar refractivity (Wildman–Crippen MR) is 254 cm³/mol. The van der Waals surface area contributed by atoms with Gasteiger partial charge in [0.2, 0.25) is 0 Å². The first-order chi connectivity index (χ1) is 30.2. The van der Waals surface area contributed by atoms with Crippen LogP contribution in [0.1, 0.15) is 0 Å². The van der Waals surface area contributed by atoms with Gasteiger partial charge in [0.05, 0.1) is 0 Å². The summed E-state index contributed by atoms with van der Waals surface area (Å²) in [5.74, 6) is 1.84. The Morgan fingerprint density at radius 2 is 0.951 bits per heavy atom. The van der Waals surface area contributed by atoms with E-state index in [1.54, 1.807) is 11.3 Å². The number of anilines is 3. The van der Waals surface area contributed by atoms with Gasteiger partial charge in [0.1, 0.15) is 11.2 Å². The summed E-state index contributed by atoms with van der Waals surface area (Å²) >= 11 is 1.80. The van der Waals surface area contributed by atoms with Crippen LogP contribution in [-0.2, 0) is 0 Å². The Morgan fingerprint density at radius 1 is 0.361 bits per heavy atom. The van der Waals surface area contributed by atoms with E-state index in [1.807, 2.05) is 24.3 Å². The normalized spacial score (nSPS) is 11.6. The second kappa shape index (κ2) is 14.4. The van der Waals surface area contributed by atoms with Gasteiger partial charge < -0.3 is 9.32 Å². The second-order valence-corrected chi connectivity index (χ2v) is 16.3. The molecule has 5 nitrogen and oxygen atoms in total. The van der Waals surface area contributed by atoms with Gasteiger partial charge in [0.15, 0.2) is 17.5 Å². The largest absolute Gasteiger partial charge is 0.456 e. The molecule has 286 valence electrons. The number of thiophene rings is 1. The van der Waals surface area contributed by atoms with Gasteiger partial charge in [-0.25, -0.2) is 15.0 Å². The van der Waals surface area contributed by atoms with Crippen LogP contribution in [0.2, 0.25) is 0 Å². The number of hydrogen-bond acceptors (Lipinski definition) is 6. The number of fused-ring (bicyclic) bond motifs is 7. The lowest BCUT2D eigenvalue weighted by Crippen LogP contribution is -2.09. The van der Waals surface area contributed by atoms with Crippen molar-refractivity contribution in [2.24, 2.45) is 0 Å². The van der Waals surface area contributed by atoms with Gasteiger partial charge in [0, 0.05) is 64.7 Å². The van der Waals surface area contributed by atoms with E-state index in [1.165, 1.54) is 20.2 Å². The fourth-order valence-corrected chi connectivity index (χ4v) is 9.71. The molecule has 0 amide bonds. The Hall–Kier alpha value is -7.93. The molecule has 12 aromatic rings. The standard InChI is InChI=1S/C55H34N4OS/c1-3-15-39(16-4-1)59(40-17-5-2-6-18-40)41-29-25-35(26-30-41)37-27-31-45-49(34-37)60-48-23-12-22-46(52(45)48)55-57-53(38-28-32-51-47(33-38)43-20-9-10-24-50(43)61-51)56-54(58-55)44-21-11-14-36-13-7-8-19-42(36)44/h1-34H. The molecule has 0 bridgehead atoms. The quantitative estimate of drug-likeness (QED) is 0.161. The third-order valence-corrected chi connectivity index (χ3v) is 12.7. The highest BCUT2D eigenvalue weighted by Crippen LogP contribution is 2.41. The number of para-hydroxylation sites is 2. The Bertz CT molecular complexity index is 3550. The Balaban J connectivity index is 0.980. The van der Waals surface area contributed by atoms with Crippen LogP contribution in [0.25, 0.3) is 98.2 Å². The molecule has 9 aromatic carbocycles. The number of aromatic nitrogens is 3.